The van der Waals surface area contributed by atoms with Crippen molar-refractivity contribution in [1.29, 1.82) is 5.26 Å². The van der Waals surface area contributed by atoms with E-state index in [4.69, 9.17) is 5.26 Å². The number of nitrogens with zero attached hydrogens (tertiary/aromatic N) is 4. The van der Waals surface area contributed by atoms with E-state index in [0.29, 0.717) is 22.6 Å². The zero-order valence-corrected chi connectivity index (χ0v) is 13.4. The molecule has 1 fully saturated rings. The smallest absolute Gasteiger partial charge is 0.255 e. The number of carbonyl (C=O) groups is 2. The van der Waals surface area contributed by atoms with Crippen LogP contribution in [0.25, 0.3) is 11.2 Å². The minimum absolute atomic E-state index is 0.0365. The maximum absolute atomic E-state index is 12.3. The third-order valence-corrected chi connectivity index (χ3v) is 4.00. The summed E-state index contributed by atoms with van der Waals surface area (Å²) < 4.78 is 0. The molecule has 0 aromatic carbocycles. The van der Waals surface area contributed by atoms with Gasteiger partial charge in [-0.25, -0.2) is 9.97 Å². The van der Waals surface area contributed by atoms with Crippen molar-refractivity contribution in [2.45, 2.75) is 25.2 Å². The Balaban J connectivity index is 1.63. The summed E-state index contributed by atoms with van der Waals surface area (Å²) >= 11 is 0. The summed E-state index contributed by atoms with van der Waals surface area (Å²) in [5.74, 6) is -0.0215. The molecule has 0 radical (unpaired) electrons. The highest BCUT2D eigenvalue weighted by Crippen LogP contribution is 2.39. The van der Waals surface area contributed by atoms with Gasteiger partial charge in [0.05, 0.1) is 23.5 Å². The Morgan fingerprint density at radius 1 is 1.50 bits per heavy atom. The first-order valence-electron chi connectivity index (χ1n) is 7.83. The van der Waals surface area contributed by atoms with Gasteiger partial charge in [0.15, 0.2) is 5.65 Å². The molecule has 2 aromatic heterocycles. The highest BCUT2D eigenvalue weighted by Gasteiger charge is 2.26. The van der Waals surface area contributed by atoms with Gasteiger partial charge >= 0.3 is 0 Å². The van der Waals surface area contributed by atoms with Crippen molar-refractivity contribution in [3.8, 4) is 6.07 Å². The lowest BCUT2D eigenvalue weighted by molar-refractivity contribution is -0.129. The van der Waals surface area contributed by atoms with Gasteiger partial charge in [0.1, 0.15) is 12.1 Å². The van der Waals surface area contributed by atoms with E-state index in [0.717, 1.165) is 18.5 Å². The predicted octanol–water partition coefficient (Wildman–Crippen LogP) is 0.937. The second-order valence-corrected chi connectivity index (χ2v) is 5.88. The number of nitriles is 1. The van der Waals surface area contributed by atoms with E-state index in [1.54, 1.807) is 19.4 Å². The number of hydrogen-bond acceptors (Lipinski definition) is 5. The minimum Gasteiger partial charge on any atom is -0.351 e. The summed E-state index contributed by atoms with van der Waals surface area (Å²) in [5.41, 5.74) is 2.49. The minimum atomic E-state index is -0.292. The Labute approximate surface area is 138 Å². The molecule has 1 aliphatic rings. The zero-order chi connectivity index (χ0) is 17.1. The molecule has 3 rings (SSSR count). The van der Waals surface area contributed by atoms with E-state index < -0.39 is 0 Å². The van der Waals surface area contributed by atoms with Crippen LogP contribution in [0.2, 0.25) is 0 Å². The van der Waals surface area contributed by atoms with Crippen LogP contribution >= 0.6 is 0 Å². The largest absolute Gasteiger partial charge is 0.351 e. The molecule has 124 valence electrons. The van der Waals surface area contributed by atoms with Gasteiger partial charge in [0.25, 0.3) is 5.91 Å². The standard InChI is InChI=1S/C16H18N6O2/c1-22(7-5-17)13(23)4-6-18-16(24)11-8-19-15-14(11)21-12(9-20-15)10-2-3-10/h8-10H,2-4,6-7H2,1H3,(H,18,24)(H,19,20). The first-order valence-corrected chi connectivity index (χ1v) is 7.83. The van der Waals surface area contributed by atoms with E-state index in [1.807, 2.05) is 6.07 Å². The molecule has 0 atom stereocenters. The maximum atomic E-state index is 12.3. The molecule has 2 heterocycles. The van der Waals surface area contributed by atoms with E-state index in [2.05, 4.69) is 20.3 Å². The number of rotatable bonds is 6. The molecule has 0 bridgehead atoms. The van der Waals surface area contributed by atoms with Crippen molar-refractivity contribution in [3.05, 3.63) is 23.7 Å². The van der Waals surface area contributed by atoms with Gasteiger partial charge in [-0.05, 0) is 12.8 Å². The number of carbonyl (C=O) groups excluding carboxylic acids is 2. The van der Waals surface area contributed by atoms with Crippen molar-refractivity contribution < 1.29 is 9.59 Å². The van der Waals surface area contributed by atoms with Gasteiger partial charge < -0.3 is 15.2 Å². The Bertz CT molecular complexity index is 818. The highest BCUT2D eigenvalue weighted by molar-refractivity contribution is 6.04. The van der Waals surface area contributed by atoms with Gasteiger partial charge in [-0.15, -0.1) is 0 Å². The van der Waals surface area contributed by atoms with Crippen LogP contribution in [0.5, 0.6) is 0 Å². The number of nitrogens with one attached hydrogen (secondary N) is 2. The van der Waals surface area contributed by atoms with Crippen LogP contribution in [0.1, 0.15) is 41.2 Å². The Hall–Kier alpha value is -2.95. The molecule has 2 amide bonds. The number of fused-ring (bicyclic) bond motifs is 1. The summed E-state index contributed by atoms with van der Waals surface area (Å²) in [4.78, 5) is 37.2. The van der Waals surface area contributed by atoms with Crippen molar-refractivity contribution in [1.82, 2.24) is 25.2 Å². The zero-order valence-electron chi connectivity index (χ0n) is 13.4. The Kier molecular flexibility index (Phi) is 4.42. The molecule has 2 aromatic rings. The van der Waals surface area contributed by atoms with Crippen molar-refractivity contribution in [2.24, 2.45) is 0 Å². The summed E-state index contributed by atoms with van der Waals surface area (Å²) in [7, 11) is 1.56. The van der Waals surface area contributed by atoms with Gasteiger partial charge in [-0.1, -0.05) is 0 Å². The number of aromatic amines is 1. The topological polar surface area (TPSA) is 115 Å². The molecular weight excluding hydrogens is 308 g/mol. The lowest BCUT2D eigenvalue weighted by Gasteiger charge is -2.12. The summed E-state index contributed by atoms with van der Waals surface area (Å²) in [6.45, 7) is 0.241. The summed E-state index contributed by atoms with van der Waals surface area (Å²) in [5, 5.41) is 11.3. The fourth-order valence-electron chi connectivity index (χ4n) is 2.42. The lowest BCUT2D eigenvalue weighted by atomic mass is 10.2. The van der Waals surface area contributed by atoms with Crippen LogP contribution < -0.4 is 5.32 Å². The molecule has 2 N–H and O–H groups in total. The van der Waals surface area contributed by atoms with Crippen LogP contribution in [-0.4, -0.2) is 51.8 Å². The van der Waals surface area contributed by atoms with E-state index in [9.17, 15) is 9.59 Å². The third kappa shape index (κ3) is 3.35. The molecule has 1 aliphatic carbocycles. The van der Waals surface area contributed by atoms with Crippen molar-refractivity contribution >= 4 is 23.0 Å². The van der Waals surface area contributed by atoms with Crippen LogP contribution in [0.4, 0.5) is 0 Å². The second kappa shape index (κ2) is 6.66. The normalized spacial score (nSPS) is 13.5. The molecule has 1 saturated carbocycles. The molecule has 0 saturated heterocycles. The van der Waals surface area contributed by atoms with E-state index >= 15 is 0 Å². The lowest BCUT2D eigenvalue weighted by Crippen LogP contribution is -2.32. The fourth-order valence-corrected chi connectivity index (χ4v) is 2.42. The van der Waals surface area contributed by atoms with Gasteiger partial charge in [0, 0.05) is 32.1 Å². The SMILES string of the molecule is CN(CC#N)C(=O)CCNC(=O)c1c[nH]c2ncc(C3CC3)nc12. The molecule has 0 unspecified atom stereocenters. The van der Waals surface area contributed by atoms with Crippen LogP contribution in [0.3, 0.4) is 0 Å². The van der Waals surface area contributed by atoms with Crippen molar-refractivity contribution in [3.63, 3.8) is 0 Å². The number of aromatic nitrogens is 3. The summed E-state index contributed by atoms with van der Waals surface area (Å²) in [6, 6.07) is 1.91. The molecule has 0 spiro atoms. The van der Waals surface area contributed by atoms with Crippen LogP contribution in [-0.2, 0) is 4.79 Å². The maximum Gasteiger partial charge on any atom is 0.255 e. The predicted molar refractivity (Wildman–Crippen MR) is 86.1 cm³/mol. The Morgan fingerprint density at radius 2 is 2.29 bits per heavy atom. The molecule has 8 heteroatoms. The van der Waals surface area contributed by atoms with Crippen LogP contribution in [0, 0.1) is 11.3 Å². The molecular formula is C16H18N6O2. The van der Waals surface area contributed by atoms with Gasteiger partial charge in [-0.2, -0.15) is 5.26 Å². The first-order chi connectivity index (χ1) is 11.6. The number of amides is 2. The first kappa shape index (κ1) is 15.9. The third-order valence-electron chi connectivity index (χ3n) is 4.00. The van der Waals surface area contributed by atoms with Gasteiger partial charge in [0.2, 0.25) is 5.91 Å². The van der Waals surface area contributed by atoms with E-state index in [-0.39, 0.29) is 31.3 Å². The molecule has 0 aliphatic heterocycles. The van der Waals surface area contributed by atoms with Gasteiger partial charge in [-0.3, -0.25) is 9.59 Å². The highest BCUT2D eigenvalue weighted by atomic mass is 16.2. The Morgan fingerprint density at radius 3 is 3.00 bits per heavy atom. The number of hydrogen-bond donors (Lipinski definition) is 2. The summed E-state index contributed by atoms with van der Waals surface area (Å²) in [6.07, 6.45) is 5.71. The fraction of sp³-hybridized carbons (Fsp3) is 0.438. The molecule has 8 nitrogen and oxygen atoms in total. The van der Waals surface area contributed by atoms with Crippen molar-refractivity contribution in [2.75, 3.05) is 20.1 Å². The number of H-pyrrole nitrogens is 1. The monoisotopic (exact) mass is 326 g/mol. The average molecular weight is 326 g/mol. The second-order valence-electron chi connectivity index (χ2n) is 5.88. The van der Waals surface area contributed by atoms with Crippen LogP contribution in [0.15, 0.2) is 12.4 Å². The average Bonchev–Trinajstić information content (AvgIpc) is 3.34. The quantitative estimate of drug-likeness (QED) is 0.767. The molecule has 24 heavy (non-hydrogen) atoms. The van der Waals surface area contributed by atoms with E-state index in [1.165, 1.54) is 4.90 Å².